The molecule has 1 heterocycles. The fraction of sp³-hybridized carbons (Fsp3) is 0.600. The van der Waals surface area contributed by atoms with Crippen LogP contribution in [-0.4, -0.2) is 22.6 Å². The zero-order valence-corrected chi connectivity index (χ0v) is 9.16. The third kappa shape index (κ3) is 3.20. The highest BCUT2D eigenvalue weighted by molar-refractivity contribution is 5.30. The zero-order valence-electron chi connectivity index (χ0n) is 9.16. The van der Waals surface area contributed by atoms with Crippen LogP contribution in [-0.2, 0) is 0 Å². The average molecular weight is 195 g/mol. The van der Waals surface area contributed by atoms with Gasteiger partial charge in [0.15, 0.2) is 0 Å². The van der Waals surface area contributed by atoms with E-state index in [1.54, 1.807) is 0 Å². The lowest BCUT2D eigenvalue weighted by atomic mass is 10.4. The molecule has 1 N–H and O–H groups in total. The number of anilines is 1. The van der Waals surface area contributed by atoms with E-state index in [0.29, 0.717) is 11.8 Å². The Morgan fingerprint density at radius 3 is 2.71 bits per heavy atom. The summed E-state index contributed by atoms with van der Waals surface area (Å²) in [7, 11) is 0. The number of hydrogen-bond donors (Lipinski definition) is 1. The quantitative estimate of drug-likeness (QED) is 0.798. The van der Waals surface area contributed by atoms with E-state index < -0.39 is 0 Å². The highest BCUT2D eigenvalue weighted by Gasteiger charge is 2.03. The maximum absolute atomic E-state index is 5.49. The maximum atomic E-state index is 5.49. The summed E-state index contributed by atoms with van der Waals surface area (Å²) in [4.78, 5) is 8.45. The van der Waals surface area contributed by atoms with Crippen molar-refractivity contribution >= 4 is 5.95 Å². The number of hydrogen-bond acceptors (Lipinski definition) is 4. The summed E-state index contributed by atoms with van der Waals surface area (Å²) in [6, 6.07) is 1.83. The minimum Gasteiger partial charge on any atom is -0.475 e. The lowest BCUT2D eigenvalue weighted by Crippen LogP contribution is -2.10. The van der Waals surface area contributed by atoms with Crippen molar-refractivity contribution in [1.82, 2.24) is 9.97 Å². The molecule has 0 bridgehead atoms. The van der Waals surface area contributed by atoms with Gasteiger partial charge in [0, 0.05) is 18.3 Å². The topological polar surface area (TPSA) is 47.0 Å². The molecule has 1 aromatic rings. The van der Waals surface area contributed by atoms with Gasteiger partial charge in [-0.2, -0.15) is 4.98 Å². The van der Waals surface area contributed by atoms with E-state index in [2.05, 4.69) is 15.3 Å². The van der Waals surface area contributed by atoms with Crippen molar-refractivity contribution in [2.24, 2.45) is 0 Å². The lowest BCUT2D eigenvalue weighted by Gasteiger charge is -2.10. The first-order valence-corrected chi connectivity index (χ1v) is 4.88. The molecule has 0 amide bonds. The van der Waals surface area contributed by atoms with Crippen LogP contribution in [0.15, 0.2) is 6.07 Å². The highest BCUT2D eigenvalue weighted by Crippen LogP contribution is 2.13. The second kappa shape index (κ2) is 4.79. The van der Waals surface area contributed by atoms with E-state index in [4.69, 9.17) is 4.74 Å². The number of nitrogens with zero attached hydrogens (tertiary/aromatic N) is 2. The van der Waals surface area contributed by atoms with Crippen molar-refractivity contribution in [2.45, 2.75) is 33.8 Å². The highest BCUT2D eigenvalue weighted by atomic mass is 16.5. The van der Waals surface area contributed by atoms with E-state index in [1.165, 1.54) is 0 Å². The molecule has 0 saturated heterocycles. The second-order valence-electron chi connectivity index (χ2n) is 3.37. The Balaban J connectivity index is 2.83. The van der Waals surface area contributed by atoms with Gasteiger partial charge in [-0.25, -0.2) is 4.98 Å². The summed E-state index contributed by atoms with van der Waals surface area (Å²) >= 11 is 0. The molecule has 0 spiro atoms. The Hall–Kier alpha value is -1.32. The Morgan fingerprint density at radius 1 is 1.43 bits per heavy atom. The Morgan fingerprint density at radius 2 is 2.14 bits per heavy atom. The molecule has 1 rings (SSSR count). The van der Waals surface area contributed by atoms with Crippen LogP contribution >= 0.6 is 0 Å². The molecule has 14 heavy (non-hydrogen) atoms. The summed E-state index contributed by atoms with van der Waals surface area (Å²) in [5.41, 5.74) is 0.909. The van der Waals surface area contributed by atoms with Gasteiger partial charge < -0.3 is 10.1 Å². The zero-order chi connectivity index (χ0) is 10.6. The number of rotatable bonds is 4. The Kier molecular flexibility index (Phi) is 3.68. The van der Waals surface area contributed by atoms with Crippen molar-refractivity contribution < 1.29 is 4.74 Å². The third-order valence-corrected chi connectivity index (χ3v) is 1.52. The summed E-state index contributed by atoms with van der Waals surface area (Å²) in [6.45, 7) is 8.70. The number of nitrogens with one attached hydrogen (secondary N) is 1. The van der Waals surface area contributed by atoms with E-state index >= 15 is 0 Å². The maximum Gasteiger partial charge on any atom is 0.226 e. The molecule has 0 aliphatic rings. The fourth-order valence-corrected chi connectivity index (χ4v) is 1.08. The van der Waals surface area contributed by atoms with Crippen molar-refractivity contribution in [2.75, 3.05) is 11.9 Å². The third-order valence-electron chi connectivity index (χ3n) is 1.52. The smallest absolute Gasteiger partial charge is 0.226 e. The first-order chi connectivity index (χ1) is 6.61. The molecule has 78 valence electrons. The number of ether oxygens (including phenoxy) is 1. The molecule has 4 nitrogen and oxygen atoms in total. The van der Waals surface area contributed by atoms with Crippen LogP contribution in [0.2, 0.25) is 0 Å². The van der Waals surface area contributed by atoms with Crippen LogP contribution in [0.4, 0.5) is 5.95 Å². The molecule has 0 unspecified atom stereocenters. The molecule has 0 fully saturated rings. The van der Waals surface area contributed by atoms with Gasteiger partial charge in [0.25, 0.3) is 0 Å². The van der Waals surface area contributed by atoms with Crippen LogP contribution in [0.3, 0.4) is 0 Å². The molecule has 0 aromatic carbocycles. The van der Waals surface area contributed by atoms with Crippen LogP contribution in [0, 0.1) is 6.92 Å². The van der Waals surface area contributed by atoms with Crippen molar-refractivity contribution in [1.29, 1.82) is 0 Å². The summed E-state index contributed by atoms with van der Waals surface area (Å²) in [6.07, 6.45) is 0.138. The summed E-state index contributed by atoms with van der Waals surface area (Å²) in [5, 5.41) is 3.06. The standard InChI is InChI=1S/C10H17N3O/c1-5-11-10-12-8(4)6-9(13-10)14-7(2)3/h6-7H,5H2,1-4H3,(H,11,12,13). The first-order valence-electron chi connectivity index (χ1n) is 4.88. The van der Waals surface area contributed by atoms with Crippen LogP contribution in [0.5, 0.6) is 5.88 Å². The van der Waals surface area contributed by atoms with Gasteiger partial charge in [0.2, 0.25) is 11.8 Å². The van der Waals surface area contributed by atoms with Crippen molar-refractivity contribution in [3.63, 3.8) is 0 Å². The normalized spacial score (nSPS) is 10.4. The Bertz CT molecular complexity index is 299. The molecule has 4 heteroatoms. The predicted octanol–water partition coefficient (Wildman–Crippen LogP) is 2.00. The molecule has 1 aromatic heterocycles. The van der Waals surface area contributed by atoms with Gasteiger partial charge in [-0.05, 0) is 27.7 Å². The molecule has 0 aliphatic heterocycles. The number of aromatic nitrogens is 2. The van der Waals surface area contributed by atoms with E-state index in [9.17, 15) is 0 Å². The van der Waals surface area contributed by atoms with Gasteiger partial charge in [-0.15, -0.1) is 0 Å². The van der Waals surface area contributed by atoms with Gasteiger partial charge in [-0.1, -0.05) is 0 Å². The number of aryl methyl sites for hydroxylation is 1. The molecular weight excluding hydrogens is 178 g/mol. The van der Waals surface area contributed by atoms with Crippen LogP contribution < -0.4 is 10.1 Å². The van der Waals surface area contributed by atoms with Crippen LogP contribution in [0.25, 0.3) is 0 Å². The van der Waals surface area contributed by atoms with Gasteiger partial charge in [0.05, 0.1) is 6.10 Å². The minimum atomic E-state index is 0.138. The molecule has 0 atom stereocenters. The molecule has 0 saturated carbocycles. The first kappa shape index (κ1) is 10.8. The van der Waals surface area contributed by atoms with Crippen molar-refractivity contribution in [3.05, 3.63) is 11.8 Å². The van der Waals surface area contributed by atoms with E-state index in [-0.39, 0.29) is 6.10 Å². The Labute approximate surface area is 84.7 Å². The predicted molar refractivity (Wildman–Crippen MR) is 56.7 cm³/mol. The van der Waals surface area contributed by atoms with Crippen molar-refractivity contribution in [3.8, 4) is 5.88 Å². The average Bonchev–Trinajstić information content (AvgIpc) is 2.01. The van der Waals surface area contributed by atoms with Gasteiger partial charge in [-0.3, -0.25) is 0 Å². The second-order valence-corrected chi connectivity index (χ2v) is 3.37. The van der Waals surface area contributed by atoms with E-state index in [0.717, 1.165) is 12.2 Å². The SMILES string of the molecule is CCNc1nc(C)cc(OC(C)C)n1. The monoisotopic (exact) mass is 195 g/mol. The fourth-order valence-electron chi connectivity index (χ4n) is 1.08. The van der Waals surface area contributed by atoms with Crippen LogP contribution in [0.1, 0.15) is 26.5 Å². The molecule has 0 aliphatic carbocycles. The molecular formula is C10H17N3O. The summed E-state index contributed by atoms with van der Waals surface area (Å²) in [5.74, 6) is 1.26. The van der Waals surface area contributed by atoms with E-state index in [1.807, 2.05) is 33.8 Å². The largest absolute Gasteiger partial charge is 0.475 e. The molecule has 0 radical (unpaired) electrons. The summed E-state index contributed by atoms with van der Waals surface area (Å²) < 4.78 is 5.49. The van der Waals surface area contributed by atoms with Gasteiger partial charge >= 0.3 is 0 Å². The van der Waals surface area contributed by atoms with Gasteiger partial charge in [0.1, 0.15) is 0 Å². The minimum absolute atomic E-state index is 0.138. The lowest BCUT2D eigenvalue weighted by molar-refractivity contribution is 0.232.